The van der Waals surface area contributed by atoms with Gasteiger partial charge < -0.3 is 9.14 Å². The normalized spacial score (nSPS) is 30.3. The molecule has 10 heteroatoms. The second kappa shape index (κ2) is 5.51. The molecule has 142 valence electrons. The lowest BCUT2D eigenvalue weighted by Gasteiger charge is -2.51. The predicted octanol–water partition coefficient (Wildman–Crippen LogP) is 4.71. The molecule has 0 aromatic carbocycles. The van der Waals surface area contributed by atoms with Crippen molar-refractivity contribution in [2.75, 3.05) is 14.1 Å². The lowest BCUT2D eigenvalue weighted by atomic mass is 9.37. The monoisotopic (exact) mass is 377 g/mol. The van der Waals surface area contributed by atoms with Crippen LogP contribution in [0.5, 0.6) is 0 Å². The van der Waals surface area contributed by atoms with E-state index in [2.05, 4.69) is 0 Å². The molecule has 1 fully saturated rings. The molecule has 0 saturated carbocycles. The van der Waals surface area contributed by atoms with Gasteiger partial charge in [-0.1, -0.05) is 25.2 Å². The van der Waals surface area contributed by atoms with E-state index in [0.29, 0.717) is 5.57 Å². The van der Waals surface area contributed by atoms with E-state index >= 15 is 0 Å². The number of hydrogen-bond acceptors (Lipinski definition) is 1. The molecule has 1 heterocycles. The molecular formula is C14H26BF6NOSi. The molecule has 0 radical (unpaired) electrons. The minimum atomic E-state index is -5.51. The van der Waals surface area contributed by atoms with E-state index in [-0.39, 0.29) is 0 Å². The van der Waals surface area contributed by atoms with E-state index in [1.54, 1.807) is 13.8 Å². The van der Waals surface area contributed by atoms with Gasteiger partial charge in [0.1, 0.15) is 0 Å². The molecule has 2 atom stereocenters. The van der Waals surface area contributed by atoms with Crippen molar-refractivity contribution in [3.05, 3.63) is 11.6 Å². The highest BCUT2D eigenvalue weighted by atomic mass is 28.3. The Morgan fingerprint density at radius 2 is 1.42 bits per heavy atom. The van der Waals surface area contributed by atoms with Crippen molar-refractivity contribution in [2.45, 2.75) is 63.9 Å². The van der Waals surface area contributed by atoms with Crippen LogP contribution in [0.15, 0.2) is 11.6 Å². The van der Waals surface area contributed by atoms with Crippen LogP contribution < -0.4 is 0 Å². The Morgan fingerprint density at radius 3 is 1.62 bits per heavy atom. The van der Waals surface area contributed by atoms with Gasteiger partial charge in [-0.25, -0.2) is 26.3 Å². The van der Waals surface area contributed by atoms with Crippen molar-refractivity contribution in [2.24, 2.45) is 0 Å². The molecule has 1 saturated heterocycles. The van der Waals surface area contributed by atoms with Gasteiger partial charge >= 0.3 is 6.35 Å². The van der Waals surface area contributed by atoms with E-state index in [4.69, 9.17) is 4.65 Å². The third kappa shape index (κ3) is 2.94. The minimum Gasteiger partial charge on any atom is -0.521 e. The number of nitrogens with zero attached hydrogens (tertiary/aromatic N) is 1. The average molecular weight is 377 g/mol. The number of likely N-dealkylation sites (N-methyl/N-ethyl adjacent to an activating group) is 1. The summed E-state index contributed by atoms with van der Waals surface area (Å²) in [5.74, 6) is 0. The zero-order chi connectivity index (χ0) is 19.6. The summed E-state index contributed by atoms with van der Waals surface area (Å²) in [5.41, 5.74) is -2.79. The van der Waals surface area contributed by atoms with Crippen molar-refractivity contribution in [3.8, 4) is 0 Å². The summed E-state index contributed by atoms with van der Waals surface area (Å²) in [7, 11) is -0.137. The zero-order valence-electron chi connectivity index (χ0n) is 15.4. The van der Waals surface area contributed by atoms with Gasteiger partial charge in [0.25, 0.3) is 12.2 Å². The molecule has 2 nitrogen and oxygen atoms in total. The van der Waals surface area contributed by atoms with Gasteiger partial charge in [-0.2, -0.15) is 0 Å². The first kappa shape index (κ1) is 21.6. The summed E-state index contributed by atoms with van der Waals surface area (Å²) in [6.45, 7) is 9.17. The lowest BCUT2D eigenvalue weighted by Crippen LogP contribution is -2.78. The van der Waals surface area contributed by atoms with Crippen LogP contribution >= 0.6 is 0 Å². The summed E-state index contributed by atoms with van der Waals surface area (Å²) < 4.78 is 87.9. The molecular weight excluding hydrogens is 351 g/mol. The average Bonchev–Trinajstić information content (AvgIpc) is 2.39. The largest absolute Gasteiger partial charge is 0.521 e. The topological polar surface area (TPSA) is 9.23 Å². The van der Waals surface area contributed by atoms with Crippen LogP contribution in [0, 0.1) is 0 Å². The van der Waals surface area contributed by atoms with Gasteiger partial charge in [0.15, 0.2) is 5.72 Å². The van der Waals surface area contributed by atoms with Crippen molar-refractivity contribution < 1.29 is 35.5 Å². The first-order valence-corrected chi connectivity index (χ1v) is 11.3. The summed E-state index contributed by atoms with van der Waals surface area (Å²) in [6.07, 6.45) is -14.7. The van der Waals surface area contributed by atoms with E-state index in [1.807, 2.05) is 0 Å². The molecule has 0 N–H and O–H groups in total. The van der Waals surface area contributed by atoms with Crippen LogP contribution in [0.4, 0.5) is 26.3 Å². The van der Waals surface area contributed by atoms with E-state index in [0.717, 1.165) is 0 Å². The van der Waals surface area contributed by atoms with Gasteiger partial charge in [-0.05, 0) is 19.9 Å². The number of alkyl halides is 6. The second-order valence-electron chi connectivity index (χ2n) is 8.68. The van der Waals surface area contributed by atoms with Gasteiger partial charge in [0.2, 0.25) is 0 Å². The standard InChI is InChI=1S/C14H26BF6NOSi/c1-10(2)9-12(3)22(4,5)11(24(6,7)8)15(23-12,13(16,17)18)14(19,20)21/h9,11H,1-8H3. The van der Waals surface area contributed by atoms with E-state index < -0.39 is 42.3 Å². The fraction of sp³-hybridized carbons (Fsp3) is 0.857. The van der Waals surface area contributed by atoms with Crippen molar-refractivity contribution in [1.82, 2.24) is 0 Å². The summed E-state index contributed by atoms with van der Waals surface area (Å²) in [6, 6.07) is 0. The molecule has 0 aromatic rings. The quantitative estimate of drug-likeness (QED) is 0.293. The number of halogens is 6. The zero-order valence-corrected chi connectivity index (χ0v) is 16.4. The van der Waals surface area contributed by atoms with Gasteiger partial charge in [-0.15, -0.1) is 0 Å². The Balaban J connectivity index is 3.92. The predicted molar refractivity (Wildman–Crippen MR) is 86.0 cm³/mol. The third-order valence-electron chi connectivity index (χ3n) is 5.13. The van der Waals surface area contributed by atoms with Crippen molar-refractivity contribution in [3.63, 3.8) is 0 Å². The van der Waals surface area contributed by atoms with Gasteiger partial charge in [0, 0.05) is 12.5 Å². The Hall–Kier alpha value is -0.478. The third-order valence-corrected chi connectivity index (χ3v) is 8.01. The maximum atomic E-state index is 13.9. The number of rotatable bonds is 2. The molecule has 24 heavy (non-hydrogen) atoms. The molecule has 1 aliphatic rings. The maximum Gasteiger partial charge on any atom is 0.400 e. The minimum absolute atomic E-state index is 0.507. The Morgan fingerprint density at radius 1 is 1.04 bits per heavy atom. The summed E-state index contributed by atoms with van der Waals surface area (Å²) >= 11 is 0. The summed E-state index contributed by atoms with van der Waals surface area (Å²) in [5, 5.41) is 0. The highest BCUT2D eigenvalue weighted by molar-refractivity contribution is 6.97. The maximum absolute atomic E-state index is 13.9. The van der Waals surface area contributed by atoms with Crippen LogP contribution in [0.2, 0.25) is 19.6 Å². The first-order chi connectivity index (χ1) is 10.2. The highest BCUT2D eigenvalue weighted by Crippen LogP contribution is 2.57. The molecule has 0 aliphatic carbocycles. The molecule has 0 amide bonds. The SMILES string of the molecule is CC(C)=CC1(C)O[B-](C(F)(F)F)(C(F)(F)F)C([Si](C)(C)C)[N+]1(C)C. The van der Waals surface area contributed by atoms with Crippen LogP contribution in [0.25, 0.3) is 0 Å². The Kier molecular flexibility index (Phi) is 4.95. The van der Waals surface area contributed by atoms with E-state index in [9.17, 15) is 26.3 Å². The van der Waals surface area contributed by atoms with E-state index in [1.165, 1.54) is 46.7 Å². The van der Waals surface area contributed by atoms with Crippen molar-refractivity contribution in [1.29, 1.82) is 0 Å². The molecule has 2 unspecified atom stereocenters. The Bertz CT molecular complexity index is 519. The number of hydrogen-bond donors (Lipinski definition) is 0. The molecule has 1 rings (SSSR count). The molecule has 0 spiro atoms. The van der Waals surface area contributed by atoms with Crippen molar-refractivity contribution >= 4 is 14.4 Å². The smallest absolute Gasteiger partial charge is 0.400 e. The van der Waals surface area contributed by atoms with Gasteiger partial charge in [-0.3, -0.25) is 0 Å². The van der Waals surface area contributed by atoms with Crippen LogP contribution in [0.1, 0.15) is 20.8 Å². The fourth-order valence-corrected chi connectivity index (χ4v) is 8.51. The van der Waals surface area contributed by atoms with Gasteiger partial charge in [0.05, 0.1) is 22.2 Å². The molecule has 0 bridgehead atoms. The lowest BCUT2D eigenvalue weighted by molar-refractivity contribution is -0.943. The second-order valence-corrected chi connectivity index (χ2v) is 14.0. The van der Waals surface area contributed by atoms with Crippen LogP contribution in [-0.4, -0.2) is 56.4 Å². The molecule has 0 aromatic heterocycles. The van der Waals surface area contributed by atoms with Crippen LogP contribution in [0.3, 0.4) is 0 Å². The number of allylic oxidation sites excluding steroid dienone is 1. The number of quaternary nitrogens is 1. The first-order valence-electron chi connectivity index (χ1n) is 7.73. The fourth-order valence-electron chi connectivity index (χ4n) is 4.46. The molecule has 1 aliphatic heterocycles. The van der Waals surface area contributed by atoms with Crippen LogP contribution in [-0.2, 0) is 4.65 Å². The summed E-state index contributed by atoms with van der Waals surface area (Å²) in [4.78, 5) is 0. The Labute approximate surface area is 140 Å². The highest BCUT2D eigenvalue weighted by Gasteiger charge is 2.83.